The van der Waals surface area contributed by atoms with Crippen LogP contribution in [0.1, 0.15) is 12.5 Å². The zero-order chi connectivity index (χ0) is 15.2. The van der Waals surface area contributed by atoms with Gasteiger partial charge in [0.25, 0.3) is 0 Å². The number of carbonyl (C=O) groups excluding carboxylic acids is 1. The molecule has 0 aliphatic rings. The highest BCUT2D eigenvalue weighted by Crippen LogP contribution is 2.23. The quantitative estimate of drug-likeness (QED) is 0.828. The molecule has 1 heterocycles. The highest BCUT2D eigenvalue weighted by atomic mass is 35.5. The molecule has 1 aromatic carbocycles. The number of hydrogen-bond acceptors (Lipinski definition) is 3. The molecule has 2 rings (SSSR count). The van der Waals surface area contributed by atoms with Crippen molar-refractivity contribution in [3.63, 3.8) is 0 Å². The number of anilines is 1. The number of carbonyl (C=O) groups is 1. The number of nitrogens with zero attached hydrogens (tertiary/aromatic N) is 1. The summed E-state index contributed by atoms with van der Waals surface area (Å²) in [5.74, 6) is -0.183. The largest absolute Gasteiger partial charge is 0.322 e. The molecule has 1 aromatic heterocycles. The van der Waals surface area contributed by atoms with Crippen molar-refractivity contribution in [1.82, 2.24) is 10.3 Å². The second kappa shape index (κ2) is 7.41. The third-order valence-corrected chi connectivity index (χ3v) is 3.45. The molecule has 0 aliphatic heterocycles. The van der Waals surface area contributed by atoms with Crippen molar-refractivity contribution in [2.24, 2.45) is 0 Å². The van der Waals surface area contributed by atoms with Crippen LogP contribution in [0, 0.1) is 0 Å². The molecule has 0 radical (unpaired) electrons. The molecule has 0 fully saturated rings. The van der Waals surface area contributed by atoms with Gasteiger partial charge in [-0.25, -0.2) is 4.98 Å². The fourth-order valence-electron chi connectivity index (χ4n) is 1.70. The van der Waals surface area contributed by atoms with Gasteiger partial charge in [-0.15, -0.1) is 0 Å². The number of aromatic nitrogens is 1. The van der Waals surface area contributed by atoms with E-state index in [0.29, 0.717) is 17.3 Å². The summed E-state index contributed by atoms with van der Waals surface area (Å²) in [6.45, 7) is 2.40. The number of amides is 1. The van der Waals surface area contributed by atoms with E-state index in [-0.39, 0.29) is 17.1 Å². The summed E-state index contributed by atoms with van der Waals surface area (Å²) in [4.78, 5) is 16.0. The fraction of sp³-hybridized carbons (Fsp3) is 0.200. The number of benzene rings is 1. The van der Waals surface area contributed by atoms with E-state index in [1.807, 2.05) is 30.3 Å². The molecule has 0 aliphatic carbocycles. The normalized spacial score (nSPS) is 12.0. The molecule has 0 bridgehead atoms. The minimum Gasteiger partial charge on any atom is -0.322 e. The minimum absolute atomic E-state index is 0.183. The van der Waals surface area contributed by atoms with Gasteiger partial charge in [0.1, 0.15) is 5.15 Å². The second-order valence-corrected chi connectivity index (χ2v) is 5.36. The Balaban J connectivity index is 1.90. The van der Waals surface area contributed by atoms with E-state index in [0.717, 1.165) is 5.56 Å². The third-order valence-electron chi connectivity index (χ3n) is 2.93. The molecule has 4 nitrogen and oxygen atoms in total. The van der Waals surface area contributed by atoms with Gasteiger partial charge >= 0.3 is 0 Å². The monoisotopic (exact) mass is 323 g/mol. The summed E-state index contributed by atoms with van der Waals surface area (Å²) >= 11 is 11.7. The zero-order valence-electron chi connectivity index (χ0n) is 11.4. The van der Waals surface area contributed by atoms with Gasteiger partial charge in [-0.1, -0.05) is 53.5 Å². The third kappa shape index (κ3) is 4.70. The van der Waals surface area contributed by atoms with Gasteiger partial charge in [-0.2, -0.15) is 0 Å². The highest BCUT2D eigenvalue weighted by molar-refractivity contribution is 6.36. The van der Waals surface area contributed by atoms with Gasteiger partial charge in [-0.3, -0.25) is 4.79 Å². The molecule has 0 saturated carbocycles. The van der Waals surface area contributed by atoms with Crippen LogP contribution in [0.4, 0.5) is 5.69 Å². The molecule has 2 N–H and O–H groups in total. The Hall–Kier alpha value is -1.62. The maximum absolute atomic E-state index is 12.1. The Morgan fingerprint density at radius 1 is 1.29 bits per heavy atom. The Morgan fingerprint density at radius 2 is 2.00 bits per heavy atom. The first-order valence-corrected chi connectivity index (χ1v) is 7.21. The average molecular weight is 324 g/mol. The van der Waals surface area contributed by atoms with Crippen molar-refractivity contribution >= 4 is 34.8 Å². The summed E-state index contributed by atoms with van der Waals surface area (Å²) in [5.41, 5.74) is 1.56. The molecule has 1 amide bonds. The van der Waals surface area contributed by atoms with Crippen LogP contribution in [0.15, 0.2) is 42.6 Å². The van der Waals surface area contributed by atoms with Gasteiger partial charge in [0.15, 0.2) is 0 Å². The van der Waals surface area contributed by atoms with E-state index in [4.69, 9.17) is 23.2 Å². The van der Waals surface area contributed by atoms with Crippen molar-refractivity contribution in [3.05, 3.63) is 58.3 Å². The van der Waals surface area contributed by atoms with Crippen LogP contribution in [0.3, 0.4) is 0 Å². The van der Waals surface area contributed by atoms with Crippen LogP contribution < -0.4 is 10.6 Å². The van der Waals surface area contributed by atoms with E-state index in [1.54, 1.807) is 6.92 Å². The van der Waals surface area contributed by atoms with Crippen molar-refractivity contribution in [2.75, 3.05) is 5.32 Å². The minimum atomic E-state index is -0.364. The maximum Gasteiger partial charge on any atom is 0.241 e. The molecule has 1 atom stereocenters. The number of nitrogens with one attached hydrogen (secondary N) is 2. The van der Waals surface area contributed by atoms with Gasteiger partial charge in [0, 0.05) is 6.54 Å². The zero-order valence-corrected chi connectivity index (χ0v) is 12.9. The summed E-state index contributed by atoms with van der Waals surface area (Å²) < 4.78 is 0. The van der Waals surface area contributed by atoms with Gasteiger partial charge in [-0.05, 0) is 18.6 Å². The van der Waals surface area contributed by atoms with Crippen molar-refractivity contribution in [3.8, 4) is 0 Å². The summed E-state index contributed by atoms with van der Waals surface area (Å²) in [7, 11) is 0. The maximum atomic E-state index is 12.1. The molecule has 110 valence electrons. The van der Waals surface area contributed by atoms with Crippen LogP contribution in [0.25, 0.3) is 0 Å². The van der Waals surface area contributed by atoms with Crippen LogP contribution in [0.2, 0.25) is 10.2 Å². The predicted molar refractivity (Wildman–Crippen MR) is 85.6 cm³/mol. The summed E-state index contributed by atoms with van der Waals surface area (Å²) in [6, 6.07) is 11.0. The number of rotatable bonds is 5. The Kier molecular flexibility index (Phi) is 5.56. The first-order valence-electron chi connectivity index (χ1n) is 6.45. The molecule has 0 saturated heterocycles. The van der Waals surface area contributed by atoms with Gasteiger partial charge < -0.3 is 10.6 Å². The van der Waals surface area contributed by atoms with Gasteiger partial charge in [0.05, 0.1) is 22.9 Å². The van der Waals surface area contributed by atoms with Crippen LogP contribution in [-0.2, 0) is 11.3 Å². The highest BCUT2D eigenvalue weighted by Gasteiger charge is 2.14. The first kappa shape index (κ1) is 15.8. The van der Waals surface area contributed by atoms with Crippen LogP contribution in [-0.4, -0.2) is 16.9 Å². The SMILES string of the molecule is C[C@@H](NCc1ccccc1)C(=O)Nc1cnc(Cl)cc1Cl. The van der Waals surface area contributed by atoms with Crippen LogP contribution >= 0.6 is 23.2 Å². The predicted octanol–water partition coefficient (Wildman–Crippen LogP) is 3.51. The number of pyridine rings is 1. The number of hydrogen-bond donors (Lipinski definition) is 2. The lowest BCUT2D eigenvalue weighted by Gasteiger charge is -2.14. The summed E-state index contributed by atoms with van der Waals surface area (Å²) in [6.07, 6.45) is 1.44. The molecular formula is C15H15Cl2N3O. The molecule has 6 heteroatoms. The molecule has 2 aromatic rings. The van der Waals surface area contributed by atoms with Crippen molar-refractivity contribution in [2.45, 2.75) is 19.5 Å². The van der Waals surface area contributed by atoms with E-state index in [9.17, 15) is 4.79 Å². The van der Waals surface area contributed by atoms with E-state index < -0.39 is 0 Å². The van der Waals surface area contributed by atoms with E-state index in [2.05, 4.69) is 15.6 Å². The van der Waals surface area contributed by atoms with E-state index >= 15 is 0 Å². The average Bonchev–Trinajstić information content (AvgIpc) is 2.48. The lowest BCUT2D eigenvalue weighted by molar-refractivity contribution is -0.117. The fourth-order valence-corrected chi connectivity index (χ4v) is 2.11. The Morgan fingerprint density at radius 3 is 2.67 bits per heavy atom. The topological polar surface area (TPSA) is 54.0 Å². The Labute approximate surface area is 133 Å². The lowest BCUT2D eigenvalue weighted by atomic mass is 10.2. The van der Waals surface area contributed by atoms with Gasteiger partial charge in [0.2, 0.25) is 5.91 Å². The summed E-state index contributed by atoms with van der Waals surface area (Å²) in [5, 5.41) is 6.51. The van der Waals surface area contributed by atoms with E-state index in [1.165, 1.54) is 12.3 Å². The standard InChI is InChI=1S/C15H15Cl2N3O/c1-10(18-8-11-5-3-2-4-6-11)15(21)20-13-9-19-14(17)7-12(13)16/h2-7,9-10,18H,8H2,1H3,(H,20,21)/t10-/m1/s1. The number of halogens is 2. The Bertz CT molecular complexity index is 620. The van der Waals surface area contributed by atoms with Crippen LogP contribution in [0.5, 0.6) is 0 Å². The molecular weight excluding hydrogens is 309 g/mol. The van der Waals surface area contributed by atoms with Crippen molar-refractivity contribution in [1.29, 1.82) is 0 Å². The second-order valence-electron chi connectivity index (χ2n) is 4.56. The molecule has 0 spiro atoms. The van der Waals surface area contributed by atoms with Crippen molar-refractivity contribution < 1.29 is 4.79 Å². The lowest BCUT2D eigenvalue weighted by Crippen LogP contribution is -2.37. The first-order chi connectivity index (χ1) is 10.1. The molecule has 21 heavy (non-hydrogen) atoms. The smallest absolute Gasteiger partial charge is 0.241 e. The molecule has 0 unspecified atom stereocenters.